The van der Waals surface area contributed by atoms with Gasteiger partial charge in [-0.25, -0.2) is 15.0 Å². The molecule has 0 heterocycles. The maximum absolute atomic E-state index is 12.8. The molecular formula is C9H11ClFN3O. The summed E-state index contributed by atoms with van der Waals surface area (Å²) in [4.78, 5) is 12.4. The van der Waals surface area contributed by atoms with Crippen molar-refractivity contribution in [2.24, 2.45) is 5.84 Å². The second-order valence-corrected chi connectivity index (χ2v) is 3.46. The average Bonchev–Trinajstić information content (AvgIpc) is 2.22. The molecule has 2 amide bonds. The van der Waals surface area contributed by atoms with Crippen LogP contribution in [0.1, 0.15) is 5.56 Å². The van der Waals surface area contributed by atoms with E-state index in [9.17, 15) is 9.18 Å². The number of halogens is 2. The van der Waals surface area contributed by atoms with Crippen molar-refractivity contribution >= 4 is 17.6 Å². The van der Waals surface area contributed by atoms with Crippen LogP contribution in [0.4, 0.5) is 9.18 Å². The quantitative estimate of drug-likeness (QED) is 0.460. The molecule has 82 valence electrons. The minimum Gasteiger partial charge on any atom is -0.322 e. The van der Waals surface area contributed by atoms with Gasteiger partial charge in [-0.05, 0) is 17.7 Å². The topological polar surface area (TPSA) is 58.4 Å². The third kappa shape index (κ3) is 3.07. The fourth-order valence-corrected chi connectivity index (χ4v) is 1.30. The molecule has 1 rings (SSSR count). The van der Waals surface area contributed by atoms with Crippen LogP contribution in [0.5, 0.6) is 0 Å². The van der Waals surface area contributed by atoms with Gasteiger partial charge < -0.3 is 4.90 Å². The Bertz CT molecular complexity index is 372. The van der Waals surface area contributed by atoms with Crippen molar-refractivity contribution in [1.82, 2.24) is 10.3 Å². The van der Waals surface area contributed by atoms with E-state index in [2.05, 4.69) is 0 Å². The van der Waals surface area contributed by atoms with Crippen LogP contribution in [0, 0.1) is 5.82 Å². The molecule has 4 nitrogen and oxygen atoms in total. The van der Waals surface area contributed by atoms with Crippen molar-refractivity contribution in [2.45, 2.75) is 6.54 Å². The number of carbonyl (C=O) groups excluding carboxylic acids is 1. The summed E-state index contributed by atoms with van der Waals surface area (Å²) in [6, 6.07) is 3.86. The summed E-state index contributed by atoms with van der Waals surface area (Å²) in [7, 11) is 1.57. The van der Waals surface area contributed by atoms with Gasteiger partial charge in [0.25, 0.3) is 0 Å². The van der Waals surface area contributed by atoms with Crippen LogP contribution >= 0.6 is 11.6 Å². The summed E-state index contributed by atoms with van der Waals surface area (Å²) in [6.45, 7) is 0.309. The first-order chi connectivity index (χ1) is 7.04. The number of hydrogen-bond acceptors (Lipinski definition) is 2. The Morgan fingerprint density at radius 2 is 2.33 bits per heavy atom. The number of urea groups is 1. The van der Waals surface area contributed by atoms with Crippen LogP contribution in [0.3, 0.4) is 0 Å². The van der Waals surface area contributed by atoms with E-state index >= 15 is 0 Å². The molecule has 0 aliphatic heterocycles. The van der Waals surface area contributed by atoms with Gasteiger partial charge in [0.05, 0.1) is 5.02 Å². The zero-order chi connectivity index (χ0) is 11.4. The van der Waals surface area contributed by atoms with Gasteiger partial charge in [0, 0.05) is 13.6 Å². The molecular weight excluding hydrogens is 221 g/mol. The molecule has 0 bridgehead atoms. The summed E-state index contributed by atoms with van der Waals surface area (Å²) in [5.74, 6) is 4.47. The highest BCUT2D eigenvalue weighted by molar-refractivity contribution is 6.30. The largest absolute Gasteiger partial charge is 0.331 e. The summed E-state index contributed by atoms with van der Waals surface area (Å²) >= 11 is 5.59. The van der Waals surface area contributed by atoms with E-state index in [-0.39, 0.29) is 5.02 Å². The molecule has 0 saturated carbocycles. The maximum Gasteiger partial charge on any atom is 0.331 e. The van der Waals surface area contributed by atoms with Crippen LogP contribution in [-0.2, 0) is 6.54 Å². The van der Waals surface area contributed by atoms with Crippen molar-refractivity contribution in [3.63, 3.8) is 0 Å². The third-order valence-electron chi connectivity index (χ3n) is 1.87. The Kier molecular flexibility index (Phi) is 3.88. The molecule has 0 radical (unpaired) electrons. The molecule has 15 heavy (non-hydrogen) atoms. The Hall–Kier alpha value is -1.33. The first-order valence-electron chi connectivity index (χ1n) is 4.20. The van der Waals surface area contributed by atoms with E-state index in [0.29, 0.717) is 6.54 Å². The molecule has 1 aromatic carbocycles. The molecule has 0 unspecified atom stereocenters. The van der Waals surface area contributed by atoms with Gasteiger partial charge in [0.2, 0.25) is 0 Å². The number of carbonyl (C=O) groups is 1. The van der Waals surface area contributed by atoms with Gasteiger partial charge in [-0.3, -0.25) is 5.43 Å². The lowest BCUT2D eigenvalue weighted by molar-refractivity contribution is 0.207. The van der Waals surface area contributed by atoms with Gasteiger partial charge in [0.15, 0.2) is 0 Å². The predicted octanol–water partition coefficient (Wildman–Crippen LogP) is 1.49. The average molecular weight is 232 g/mol. The molecule has 6 heteroatoms. The molecule has 0 aliphatic carbocycles. The second-order valence-electron chi connectivity index (χ2n) is 3.05. The van der Waals surface area contributed by atoms with Crippen LogP contribution in [0.2, 0.25) is 5.02 Å². The van der Waals surface area contributed by atoms with Crippen LogP contribution in [0.25, 0.3) is 0 Å². The normalized spacial score (nSPS) is 9.87. The SMILES string of the molecule is CN(Cc1ccc(F)c(Cl)c1)C(=O)NN. The van der Waals surface area contributed by atoms with Gasteiger partial charge in [-0.1, -0.05) is 17.7 Å². The fourth-order valence-electron chi connectivity index (χ4n) is 1.09. The number of nitrogens with zero attached hydrogens (tertiary/aromatic N) is 1. The van der Waals surface area contributed by atoms with Gasteiger partial charge >= 0.3 is 6.03 Å². The Labute approximate surface area is 91.8 Å². The van der Waals surface area contributed by atoms with Crippen LogP contribution in [0.15, 0.2) is 18.2 Å². The number of hydrazine groups is 1. The third-order valence-corrected chi connectivity index (χ3v) is 2.16. The van der Waals surface area contributed by atoms with Crippen molar-refractivity contribution in [3.8, 4) is 0 Å². The summed E-state index contributed by atoms with van der Waals surface area (Å²) in [5.41, 5.74) is 2.72. The van der Waals surface area contributed by atoms with E-state index in [1.54, 1.807) is 13.1 Å². The Morgan fingerprint density at radius 3 is 2.87 bits per heavy atom. The fraction of sp³-hybridized carbons (Fsp3) is 0.222. The number of rotatable bonds is 2. The van der Waals surface area contributed by atoms with Gasteiger partial charge in [-0.2, -0.15) is 0 Å². The van der Waals surface area contributed by atoms with Crippen LogP contribution < -0.4 is 11.3 Å². The predicted molar refractivity (Wildman–Crippen MR) is 55.6 cm³/mol. The van der Waals surface area contributed by atoms with Gasteiger partial charge in [0.1, 0.15) is 5.82 Å². The first kappa shape index (κ1) is 11.7. The van der Waals surface area contributed by atoms with E-state index in [4.69, 9.17) is 17.4 Å². The molecule has 3 N–H and O–H groups in total. The Morgan fingerprint density at radius 1 is 1.67 bits per heavy atom. The number of nitrogens with two attached hydrogens (primary N) is 1. The lowest BCUT2D eigenvalue weighted by atomic mass is 10.2. The molecule has 0 aliphatic rings. The summed E-state index contributed by atoms with van der Waals surface area (Å²) < 4.78 is 12.8. The highest BCUT2D eigenvalue weighted by atomic mass is 35.5. The number of benzene rings is 1. The smallest absolute Gasteiger partial charge is 0.322 e. The van der Waals surface area contributed by atoms with Gasteiger partial charge in [-0.15, -0.1) is 0 Å². The van der Waals surface area contributed by atoms with E-state index < -0.39 is 11.8 Å². The summed E-state index contributed by atoms with van der Waals surface area (Å²) in [6.07, 6.45) is 0. The lowest BCUT2D eigenvalue weighted by Gasteiger charge is -2.16. The molecule has 1 aromatic rings. The molecule has 0 fully saturated rings. The maximum atomic E-state index is 12.8. The monoisotopic (exact) mass is 231 g/mol. The zero-order valence-corrected chi connectivity index (χ0v) is 8.88. The molecule has 0 atom stereocenters. The van der Waals surface area contributed by atoms with Crippen molar-refractivity contribution < 1.29 is 9.18 Å². The van der Waals surface area contributed by atoms with E-state index in [1.807, 2.05) is 5.43 Å². The van der Waals surface area contributed by atoms with Crippen molar-refractivity contribution in [3.05, 3.63) is 34.6 Å². The zero-order valence-electron chi connectivity index (χ0n) is 8.13. The number of amides is 2. The van der Waals surface area contributed by atoms with E-state index in [1.165, 1.54) is 17.0 Å². The standard InChI is InChI=1S/C9H11ClFN3O/c1-14(9(15)13-12)5-6-2-3-8(11)7(10)4-6/h2-4H,5,12H2,1H3,(H,13,15). The highest BCUT2D eigenvalue weighted by Gasteiger charge is 2.08. The Balaban J connectivity index is 2.73. The molecule has 0 spiro atoms. The lowest BCUT2D eigenvalue weighted by Crippen LogP contribution is -2.40. The second kappa shape index (κ2) is 4.95. The van der Waals surface area contributed by atoms with E-state index in [0.717, 1.165) is 5.56 Å². The molecule has 0 saturated heterocycles. The number of nitrogens with one attached hydrogen (secondary N) is 1. The van der Waals surface area contributed by atoms with Crippen molar-refractivity contribution in [1.29, 1.82) is 0 Å². The minimum absolute atomic E-state index is 0.0362. The summed E-state index contributed by atoms with van der Waals surface area (Å²) in [5, 5.41) is 0.0362. The number of hydrogen-bond donors (Lipinski definition) is 2. The molecule has 0 aromatic heterocycles. The first-order valence-corrected chi connectivity index (χ1v) is 4.58. The minimum atomic E-state index is -0.480. The van der Waals surface area contributed by atoms with Crippen LogP contribution in [-0.4, -0.2) is 18.0 Å². The van der Waals surface area contributed by atoms with Crippen molar-refractivity contribution in [2.75, 3.05) is 7.05 Å². The highest BCUT2D eigenvalue weighted by Crippen LogP contribution is 2.16.